The van der Waals surface area contributed by atoms with E-state index >= 15 is 0 Å². The molecule has 0 N–H and O–H groups in total. The number of likely N-dealkylation sites (tertiary alicyclic amines) is 1. The fraction of sp³-hybridized carbons (Fsp3) is 0.500. The number of carbonyl (C=O) groups excluding carboxylic acids is 1. The van der Waals surface area contributed by atoms with Gasteiger partial charge in [0, 0.05) is 31.8 Å². The fourth-order valence-electron chi connectivity index (χ4n) is 3.08. The summed E-state index contributed by atoms with van der Waals surface area (Å²) >= 11 is 6.03. The molecule has 90 valence electrons. The number of aryl methyl sites for hydroxylation is 1. The summed E-state index contributed by atoms with van der Waals surface area (Å²) in [5.74, 6) is 0.252. The van der Waals surface area contributed by atoms with Gasteiger partial charge in [0.2, 0.25) is 5.91 Å². The molecule has 2 nitrogen and oxygen atoms in total. The number of nitrogens with zero attached hydrogens (tertiary/aromatic N) is 1. The van der Waals surface area contributed by atoms with Gasteiger partial charge >= 0.3 is 0 Å². The lowest BCUT2D eigenvalue weighted by atomic mass is 9.74. The minimum absolute atomic E-state index is 0.105. The van der Waals surface area contributed by atoms with E-state index in [0.717, 1.165) is 17.9 Å². The topological polar surface area (TPSA) is 20.3 Å². The van der Waals surface area contributed by atoms with Crippen LogP contribution in [0.25, 0.3) is 0 Å². The maximum Gasteiger partial charge on any atom is 0.222 e. The van der Waals surface area contributed by atoms with Gasteiger partial charge < -0.3 is 4.90 Å². The first-order chi connectivity index (χ1) is 8.58. The minimum atomic E-state index is -0.320. The standard InChI is InChI=1S/C14H16ClNO/c1-16-13-6-2-9-8-10(15)3-4-11(9)12(13)5-7-14(16)17/h3-4,8,12-13H,2,5-7H2,1H3/i5D. The third-order valence-electron chi connectivity index (χ3n) is 4.03. The van der Waals surface area contributed by atoms with E-state index in [1.807, 2.05) is 30.1 Å². The molecule has 0 saturated carbocycles. The predicted molar refractivity (Wildman–Crippen MR) is 68.3 cm³/mol. The summed E-state index contributed by atoms with van der Waals surface area (Å²) < 4.78 is 8.22. The van der Waals surface area contributed by atoms with Crippen LogP contribution in [0.4, 0.5) is 0 Å². The molecule has 3 heteroatoms. The van der Waals surface area contributed by atoms with Crippen molar-refractivity contribution in [3.05, 3.63) is 34.3 Å². The second kappa shape index (κ2) is 4.02. The molecule has 1 fully saturated rings. The van der Waals surface area contributed by atoms with E-state index in [0.29, 0.717) is 6.42 Å². The van der Waals surface area contributed by atoms with Crippen LogP contribution in [-0.4, -0.2) is 23.9 Å². The molecule has 1 heterocycles. The van der Waals surface area contributed by atoms with Crippen molar-refractivity contribution in [1.82, 2.24) is 4.90 Å². The van der Waals surface area contributed by atoms with Crippen molar-refractivity contribution in [2.75, 3.05) is 7.05 Å². The molecule has 3 rings (SSSR count). The van der Waals surface area contributed by atoms with Crippen molar-refractivity contribution in [3.8, 4) is 0 Å². The van der Waals surface area contributed by atoms with Gasteiger partial charge in [0.1, 0.15) is 0 Å². The van der Waals surface area contributed by atoms with E-state index < -0.39 is 0 Å². The Morgan fingerprint density at radius 2 is 2.29 bits per heavy atom. The first-order valence-electron chi connectivity index (χ1n) is 6.62. The molecule has 3 atom stereocenters. The van der Waals surface area contributed by atoms with Gasteiger partial charge in [0.05, 0.1) is 0 Å². The lowest BCUT2D eigenvalue weighted by molar-refractivity contribution is -0.135. The Balaban J connectivity index is 2.04. The molecular weight excluding hydrogens is 234 g/mol. The fourth-order valence-corrected chi connectivity index (χ4v) is 3.28. The molecule has 0 radical (unpaired) electrons. The summed E-state index contributed by atoms with van der Waals surface area (Å²) in [5.41, 5.74) is 2.47. The number of piperidine rings is 1. The molecule has 17 heavy (non-hydrogen) atoms. The Bertz CT molecular complexity index is 505. The Labute approximate surface area is 108 Å². The zero-order valence-electron chi connectivity index (χ0n) is 10.8. The minimum Gasteiger partial charge on any atom is -0.342 e. The summed E-state index contributed by atoms with van der Waals surface area (Å²) in [6.07, 6.45) is 1.90. The molecule has 1 aromatic carbocycles. The average molecular weight is 251 g/mol. The van der Waals surface area contributed by atoms with Crippen molar-refractivity contribution < 1.29 is 6.17 Å². The number of likely N-dealkylation sites (N-methyl/N-ethyl adjacent to an activating group) is 1. The highest BCUT2D eigenvalue weighted by Crippen LogP contribution is 2.41. The highest BCUT2D eigenvalue weighted by Gasteiger charge is 2.37. The molecule has 0 aromatic heterocycles. The van der Waals surface area contributed by atoms with Gasteiger partial charge in [-0.25, -0.2) is 0 Å². The van der Waals surface area contributed by atoms with Gasteiger partial charge in [-0.3, -0.25) is 4.79 Å². The molecule has 1 amide bonds. The van der Waals surface area contributed by atoms with E-state index in [9.17, 15) is 4.79 Å². The molecule has 1 aliphatic carbocycles. The van der Waals surface area contributed by atoms with Crippen LogP contribution in [-0.2, 0) is 11.2 Å². The number of fused-ring (bicyclic) bond motifs is 3. The molecule has 1 saturated heterocycles. The van der Waals surface area contributed by atoms with Gasteiger partial charge in [0.25, 0.3) is 0 Å². The van der Waals surface area contributed by atoms with Crippen LogP contribution in [0.1, 0.15) is 37.7 Å². The lowest BCUT2D eigenvalue weighted by Crippen LogP contribution is -2.47. The van der Waals surface area contributed by atoms with Crippen LogP contribution in [0.2, 0.25) is 5.02 Å². The molecule has 1 aromatic rings. The number of hydrogen-bond donors (Lipinski definition) is 0. The number of amides is 1. The molecule has 2 aliphatic rings. The van der Waals surface area contributed by atoms with Crippen LogP contribution in [0, 0.1) is 0 Å². The van der Waals surface area contributed by atoms with Crippen LogP contribution in [0.15, 0.2) is 18.2 Å². The van der Waals surface area contributed by atoms with Crippen LogP contribution < -0.4 is 0 Å². The SMILES string of the molecule is [2H]C1CC(=O)N(C)C2CCc3cc(Cl)ccc3C12. The van der Waals surface area contributed by atoms with Crippen molar-refractivity contribution in [2.45, 2.75) is 37.6 Å². The second-order valence-electron chi connectivity index (χ2n) is 4.92. The zero-order chi connectivity index (χ0) is 12.9. The smallest absolute Gasteiger partial charge is 0.222 e. The number of hydrogen-bond acceptors (Lipinski definition) is 1. The van der Waals surface area contributed by atoms with Gasteiger partial charge in [-0.2, -0.15) is 0 Å². The average Bonchev–Trinajstić information content (AvgIpc) is 2.34. The monoisotopic (exact) mass is 250 g/mol. The number of halogens is 1. The summed E-state index contributed by atoms with van der Waals surface area (Å²) in [7, 11) is 1.87. The Hall–Kier alpha value is -1.02. The summed E-state index contributed by atoms with van der Waals surface area (Å²) in [4.78, 5) is 13.7. The molecular formula is C14H16ClNO. The van der Waals surface area contributed by atoms with E-state index in [1.54, 1.807) is 0 Å². The lowest BCUT2D eigenvalue weighted by Gasteiger charge is -2.43. The van der Waals surface area contributed by atoms with Gasteiger partial charge in [-0.05, 0) is 42.5 Å². The maximum atomic E-state index is 11.8. The first-order valence-corrected chi connectivity index (χ1v) is 6.42. The van der Waals surface area contributed by atoms with E-state index in [1.165, 1.54) is 11.1 Å². The van der Waals surface area contributed by atoms with Gasteiger partial charge in [-0.15, -0.1) is 0 Å². The number of rotatable bonds is 0. The van der Waals surface area contributed by atoms with E-state index in [-0.39, 0.29) is 24.3 Å². The highest BCUT2D eigenvalue weighted by molar-refractivity contribution is 6.30. The van der Waals surface area contributed by atoms with Crippen molar-refractivity contribution in [2.24, 2.45) is 0 Å². The number of benzene rings is 1. The van der Waals surface area contributed by atoms with Crippen LogP contribution in [0.3, 0.4) is 0 Å². The summed E-state index contributed by atoms with van der Waals surface area (Å²) in [5, 5.41) is 0.758. The highest BCUT2D eigenvalue weighted by atomic mass is 35.5. The first kappa shape index (κ1) is 9.95. The molecule has 0 bridgehead atoms. The van der Waals surface area contributed by atoms with Crippen LogP contribution in [0.5, 0.6) is 0 Å². The maximum absolute atomic E-state index is 11.8. The Morgan fingerprint density at radius 1 is 1.47 bits per heavy atom. The summed E-state index contributed by atoms with van der Waals surface area (Å²) in [6.45, 7) is 0. The van der Waals surface area contributed by atoms with E-state index in [4.69, 9.17) is 13.0 Å². The Morgan fingerprint density at radius 3 is 3.12 bits per heavy atom. The summed E-state index contributed by atoms with van der Waals surface area (Å²) in [6, 6.07) is 6.13. The second-order valence-corrected chi connectivity index (χ2v) is 5.36. The zero-order valence-corrected chi connectivity index (χ0v) is 10.6. The third-order valence-corrected chi connectivity index (χ3v) is 4.26. The van der Waals surface area contributed by atoms with Crippen molar-refractivity contribution in [1.29, 1.82) is 0 Å². The molecule has 0 spiro atoms. The normalized spacial score (nSPS) is 32.8. The Kier molecular flexibility index (Phi) is 2.36. The number of carbonyl (C=O) groups is 1. The quantitative estimate of drug-likeness (QED) is 0.693. The molecule has 1 aliphatic heterocycles. The molecule has 3 unspecified atom stereocenters. The van der Waals surface area contributed by atoms with Crippen molar-refractivity contribution >= 4 is 17.5 Å². The third kappa shape index (κ3) is 1.75. The largest absolute Gasteiger partial charge is 0.342 e. The van der Waals surface area contributed by atoms with Gasteiger partial charge in [0.15, 0.2) is 0 Å². The van der Waals surface area contributed by atoms with Crippen molar-refractivity contribution in [3.63, 3.8) is 0 Å². The van der Waals surface area contributed by atoms with Gasteiger partial charge in [-0.1, -0.05) is 17.7 Å². The van der Waals surface area contributed by atoms with Crippen LogP contribution >= 0.6 is 11.6 Å². The van der Waals surface area contributed by atoms with E-state index in [2.05, 4.69) is 0 Å². The predicted octanol–water partition coefficient (Wildman–Crippen LogP) is 2.99.